The summed E-state index contributed by atoms with van der Waals surface area (Å²) in [4.78, 5) is 6.54. The number of hydrogen-bond donors (Lipinski definition) is 2. The van der Waals surface area contributed by atoms with Crippen LogP contribution < -0.4 is 5.32 Å². The molecule has 1 aliphatic carbocycles. The van der Waals surface area contributed by atoms with Crippen molar-refractivity contribution in [3.8, 4) is 0 Å². The summed E-state index contributed by atoms with van der Waals surface area (Å²) in [6.45, 7) is 4.01. The number of nitrogens with zero attached hydrogens (tertiary/aromatic N) is 2. The van der Waals surface area contributed by atoms with Crippen LogP contribution in [0.15, 0.2) is 41.9 Å². The summed E-state index contributed by atoms with van der Waals surface area (Å²) in [5, 5.41) is 4.06. The SMILES string of the molecule is Cc1ccc2c3c([nH]c2c1)[C@@H](C1C(F)=CC(N[C@H]2CCN(CCCF)C2)=CC1F)N(CC(F)(F)F)[C@H](C)C3. The number of fused-ring (bicyclic) bond motifs is 3. The van der Waals surface area contributed by atoms with Crippen LogP contribution in [0.5, 0.6) is 0 Å². The fraction of sp³-hybridized carbons (Fsp3) is 0.571. The van der Waals surface area contributed by atoms with E-state index in [1.165, 1.54) is 17.1 Å². The molecule has 0 radical (unpaired) electrons. The topological polar surface area (TPSA) is 34.3 Å². The predicted molar refractivity (Wildman–Crippen MR) is 136 cm³/mol. The van der Waals surface area contributed by atoms with E-state index in [4.69, 9.17) is 0 Å². The summed E-state index contributed by atoms with van der Waals surface area (Å²) in [7, 11) is 0. The molecule has 1 aromatic carbocycles. The maximum absolute atomic E-state index is 15.8. The molecule has 0 bridgehead atoms. The molecule has 3 heterocycles. The second kappa shape index (κ2) is 10.6. The number of alkyl halides is 5. The molecule has 1 fully saturated rings. The van der Waals surface area contributed by atoms with E-state index in [2.05, 4.69) is 15.2 Å². The lowest BCUT2D eigenvalue weighted by Crippen LogP contribution is -2.50. The van der Waals surface area contributed by atoms with Crippen LogP contribution in [-0.4, -0.2) is 72.1 Å². The minimum atomic E-state index is -4.52. The number of rotatable bonds is 7. The zero-order chi connectivity index (χ0) is 27.2. The van der Waals surface area contributed by atoms with Gasteiger partial charge in [-0.05, 0) is 62.5 Å². The predicted octanol–water partition coefficient (Wildman–Crippen LogP) is 6.06. The summed E-state index contributed by atoms with van der Waals surface area (Å²) < 4.78 is 85.1. The van der Waals surface area contributed by atoms with Gasteiger partial charge in [-0.25, -0.2) is 8.78 Å². The fourth-order valence-electron chi connectivity index (χ4n) is 6.37. The monoisotopic (exact) mass is 540 g/mol. The maximum atomic E-state index is 15.8. The number of benzene rings is 1. The maximum Gasteiger partial charge on any atom is 0.401 e. The van der Waals surface area contributed by atoms with Gasteiger partial charge in [-0.15, -0.1) is 0 Å². The zero-order valence-electron chi connectivity index (χ0n) is 21.6. The molecule has 5 atom stereocenters. The Morgan fingerprint density at radius 3 is 2.71 bits per heavy atom. The Morgan fingerprint density at radius 2 is 2.00 bits per heavy atom. The summed E-state index contributed by atoms with van der Waals surface area (Å²) in [6, 6.07) is 4.02. The molecular weight excluding hydrogens is 506 g/mol. The Kier molecular flexibility index (Phi) is 7.57. The lowest BCUT2D eigenvalue weighted by atomic mass is 9.80. The Labute approximate surface area is 218 Å². The Bertz CT molecular complexity index is 1220. The third-order valence-electron chi connectivity index (χ3n) is 8.06. The first-order valence-corrected chi connectivity index (χ1v) is 13.3. The lowest BCUT2D eigenvalue weighted by molar-refractivity contribution is -0.161. The number of aryl methyl sites for hydroxylation is 1. The van der Waals surface area contributed by atoms with Gasteiger partial charge in [0.2, 0.25) is 0 Å². The number of likely N-dealkylation sites (tertiary alicyclic amines) is 1. The molecule has 4 nitrogen and oxygen atoms in total. The second-order valence-corrected chi connectivity index (χ2v) is 10.9. The minimum Gasteiger partial charge on any atom is -0.381 e. The summed E-state index contributed by atoms with van der Waals surface area (Å²) in [6.07, 6.45) is -2.27. The van der Waals surface area contributed by atoms with E-state index in [-0.39, 0.29) is 12.7 Å². The van der Waals surface area contributed by atoms with Crippen molar-refractivity contribution < 1.29 is 26.3 Å². The summed E-state index contributed by atoms with van der Waals surface area (Å²) in [5.41, 5.74) is 3.31. The summed E-state index contributed by atoms with van der Waals surface area (Å²) >= 11 is 0. The second-order valence-electron chi connectivity index (χ2n) is 10.9. The smallest absolute Gasteiger partial charge is 0.381 e. The third kappa shape index (κ3) is 5.47. The van der Waals surface area contributed by atoms with Crippen molar-refractivity contribution in [1.82, 2.24) is 20.1 Å². The first-order chi connectivity index (χ1) is 18.0. The standard InChI is InChI=1S/C28H34F6N4/c1-16-4-5-20-21-11-17(2)38(15-28(32,33)34)27(26(21)36-24(20)10-16)25-22(30)12-19(13-23(25)31)35-18-6-9-37(14-18)8-3-7-29/h4-5,10,12-13,17-18,22,25,27,35-36H,3,6-9,11,14-15H2,1-2H3/t17-,18+,22?,25?,27-/m1/s1. The Balaban J connectivity index is 1.45. The number of aromatic amines is 1. The van der Waals surface area contributed by atoms with Gasteiger partial charge < -0.3 is 15.2 Å². The molecule has 2 aliphatic heterocycles. The molecule has 0 amide bonds. The van der Waals surface area contributed by atoms with Crippen molar-refractivity contribution in [3.05, 3.63) is 58.7 Å². The van der Waals surface area contributed by atoms with Crippen molar-refractivity contribution in [1.29, 1.82) is 0 Å². The Morgan fingerprint density at radius 1 is 1.21 bits per heavy atom. The van der Waals surface area contributed by atoms with E-state index in [0.717, 1.165) is 35.0 Å². The molecule has 38 heavy (non-hydrogen) atoms. The van der Waals surface area contributed by atoms with Crippen LogP contribution in [0.1, 0.15) is 42.6 Å². The van der Waals surface area contributed by atoms with Gasteiger partial charge in [-0.3, -0.25) is 9.29 Å². The summed E-state index contributed by atoms with van der Waals surface area (Å²) in [5.74, 6) is -2.19. The van der Waals surface area contributed by atoms with Gasteiger partial charge >= 0.3 is 6.18 Å². The van der Waals surface area contributed by atoms with Crippen LogP contribution in [-0.2, 0) is 6.42 Å². The van der Waals surface area contributed by atoms with E-state index >= 15 is 8.78 Å². The van der Waals surface area contributed by atoms with Gasteiger partial charge in [-0.1, -0.05) is 12.1 Å². The normalized spacial score (nSPS) is 28.9. The molecule has 0 spiro atoms. The zero-order valence-corrected chi connectivity index (χ0v) is 21.6. The number of H-pyrrole nitrogens is 1. The molecule has 1 saturated heterocycles. The minimum absolute atomic E-state index is 0.0337. The van der Waals surface area contributed by atoms with E-state index in [0.29, 0.717) is 37.3 Å². The van der Waals surface area contributed by atoms with E-state index in [9.17, 15) is 17.6 Å². The largest absolute Gasteiger partial charge is 0.401 e. The molecule has 3 aliphatic rings. The molecule has 10 heteroatoms. The average Bonchev–Trinajstić information content (AvgIpc) is 3.41. The highest BCUT2D eigenvalue weighted by atomic mass is 19.4. The molecule has 2 unspecified atom stereocenters. The van der Waals surface area contributed by atoms with Crippen LogP contribution in [0.3, 0.4) is 0 Å². The van der Waals surface area contributed by atoms with Crippen LogP contribution in [0, 0.1) is 12.8 Å². The van der Waals surface area contributed by atoms with Crippen LogP contribution in [0.4, 0.5) is 26.3 Å². The number of aromatic nitrogens is 1. The average molecular weight is 541 g/mol. The van der Waals surface area contributed by atoms with Crippen molar-refractivity contribution in [2.45, 2.75) is 63.6 Å². The highest BCUT2D eigenvalue weighted by Gasteiger charge is 2.48. The van der Waals surface area contributed by atoms with Gasteiger partial charge in [0.25, 0.3) is 0 Å². The van der Waals surface area contributed by atoms with E-state index in [1.807, 2.05) is 25.1 Å². The number of hydrogen-bond acceptors (Lipinski definition) is 3. The molecular formula is C28H34F6N4. The highest BCUT2D eigenvalue weighted by molar-refractivity contribution is 5.86. The van der Waals surface area contributed by atoms with Gasteiger partial charge in [0.05, 0.1) is 25.2 Å². The van der Waals surface area contributed by atoms with Gasteiger partial charge in [0.15, 0.2) is 0 Å². The lowest BCUT2D eigenvalue weighted by Gasteiger charge is -2.45. The molecule has 2 N–H and O–H groups in total. The van der Waals surface area contributed by atoms with Crippen molar-refractivity contribution in [2.24, 2.45) is 5.92 Å². The van der Waals surface area contributed by atoms with Crippen LogP contribution >= 0.6 is 0 Å². The van der Waals surface area contributed by atoms with E-state index < -0.39 is 42.7 Å². The first kappa shape index (κ1) is 27.1. The Hall–Kier alpha value is -2.46. The number of halogens is 6. The van der Waals surface area contributed by atoms with Crippen molar-refractivity contribution in [2.75, 3.05) is 32.9 Å². The fourth-order valence-corrected chi connectivity index (χ4v) is 6.37. The van der Waals surface area contributed by atoms with Gasteiger partial charge in [0, 0.05) is 54.0 Å². The first-order valence-electron chi connectivity index (χ1n) is 13.3. The van der Waals surface area contributed by atoms with Crippen LogP contribution in [0.2, 0.25) is 0 Å². The molecule has 2 aromatic rings. The highest BCUT2D eigenvalue weighted by Crippen LogP contribution is 2.47. The van der Waals surface area contributed by atoms with Crippen LogP contribution in [0.25, 0.3) is 10.9 Å². The van der Waals surface area contributed by atoms with Gasteiger partial charge in [-0.2, -0.15) is 13.2 Å². The van der Waals surface area contributed by atoms with Crippen molar-refractivity contribution in [3.63, 3.8) is 0 Å². The third-order valence-corrected chi connectivity index (χ3v) is 8.06. The van der Waals surface area contributed by atoms with E-state index in [1.54, 1.807) is 6.92 Å². The number of allylic oxidation sites excluding steroid dienone is 2. The molecule has 0 saturated carbocycles. The quantitative estimate of drug-likeness (QED) is 0.420. The van der Waals surface area contributed by atoms with Gasteiger partial charge in [0.1, 0.15) is 12.0 Å². The molecule has 208 valence electrons. The molecule has 1 aromatic heterocycles. The number of nitrogens with one attached hydrogen (secondary N) is 2. The van der Waals surface area contributed by atoms with Crippen molar-refractivity contribution >= 4 is 10.9 Å². The molecule has 5 rings (SSSR count).